The molecule has 1 unspecified atom stereocenters. The van der Waals surface area contributed by atoms with Crippen LogP contribution in [0.2, 0.25) is 0 Å². The van der Waals surface area contributed by atoms with Gasteiger partial charge in [0.1, 0.15) is 12.6 Å². The second kappa shape index (κ2) is 24.0. The Balaban J connectivity index is 0.850. The van der Waals surface area contributed by atoms with Crippen LogP contribution in [0.5, 0.6) is 11.5 Å². The number of nitrogens with zero attached hydrogens (tertiary/aromatic N) is 4. The molecular weight excluding hydrogens is 1100 g/mol. The summed E-state index contributed by atoms with van der Waals surface area (Å²) >= 11 is 6.53. The quantitative estimate of drug-likeness (QED) is 0.0317. The normalized spacial score (nSPS) is 18.5. The van der Waals surface area contributed by atoms with Gasteiger partial charge in [0.15, 0.2) is 11.5 Å². The molecule has 0 saturated heterocycles. The standard InChI is InChI=1S/C56H70ClN10O14P/c1-10-56(28-55(7,29-56)51(72)67-26-35(21-57)46-39(67)20-41(81-82(76,77)78)49-45(46)32(5)23-60-49)52(73)66-16-15-37-38(66)19-40(48-44(37)31(4)22-59-48)80-54(75)65(9)18-17-64(8)53(74)79-27-34-11-13-36(14-12-34)62-42(69)25-61-50(71)47(30(2)3)63-43(70)24-58-33(6)68/h11-14,19-20,22-23,30,35,47,59-60H,10,15-18,21,24-29H2,1-9H3,(H,58,68)(H,61,71)(H,62,69)(H,63,70)(H2,76,77,78)/t35-,47?,55?,56?/m1/s1. The van der Waals surface area contributed by atoms with E-state index in [0.717, 1.165) is 27.6 Å². The maximum absolute atomic E-state index is 15.0. The van der Waals surface area contributed by atoms with Crippen LogP contribution < -0.4 is 40.3 Å². The number of anilines is 3. The molecule has 2 aliphatic heterocycles. The summed E-state index contributed by atoms with van der Waals surface area (Å²) in [4.78, 5) is 137. The zero-order valence-electron chi connectivity index (χ0n) is 47.2. The molecule has 24 nitrogen and oxygen atoms in total. The molecule has 5 aromatic rings. The van der Waals surface area contributed by atoms with Gasteiger partial charge in [0, 0.05) is 105 Å². The first-order valence-corrected chi connectivity index (χ1v) is 29.0. The number of phosphoric ester groups is 1. The molecule has 1 saturated carbocycles. The lowest BCUT2D eigenvalue weighted by atomic mass is 9.51. The maximum Gasteiger partial charge on any atom is 0.524 e. The highest BCUT2D eigenvalue weighted by molar-refractivity contribution is 7.46. The summed E-state index contributed by atoms with van der Waals surface area (Å²) in [5.41, 5.74) is 4.58. The van der Waals surface area contributed by atoms with Crippen molar-refractivity contribution in [2.45, 2.75) is 92.7 Å². The number of halogens is 1. The molecule has 26 heteroatoms. The van der Waals surface area contributed by atoms with E-state index in [1.165, 1.54) is 36.9 Å². The Bertz CT molecular complexity index is 3400. The predicted octanol–water partition coefficient (Wildman–Crippen LogP) is 6.22. The Labute approximate surface area is 478 Å². The van der Waals surface area contributed by atoms with E-state index in [-0.39, 0.29) is 93.2 Å². The van der Waals surface area contributed by atoms with Gasteiger partial charge in [-0.2, -0.15) is 0 Å². The highest BCUT2D eigenvalue weighted by Gasteiger charge is 2.62. The maximum atomic E-state index is 15.0. The first kappa shape index (κ1) is 60.4. The van der Waals surface area contributed by atoms with Crippen molar-refractivity contribution in [3.63, 3.8) is 0 Å². The van der Waals surface area contributed by atoms with Gasteiger partial charge in [-0.25, -0.2) is 14.2 Å². The minimum Gasteiger partial charge on any atom is -0.445 e. The fourth-order valence-corrected chi connectivity index (χ4v) is 12.1. The first-order valence-electron chi connectivity index (χ1n) is 26.9. The lowest BCUT2D eigenvalue weighted by Crippen LogP contribution is -2.60. The van der Waals surface area contributed by atoms with Crippen LogP contribution in [0.4, 0.5) is 26.7 Å². The second-order valence-corrected chi connectivity index (χ2v) is 23.6. The van der Waals surface area contributed by atoms with Crippen LogP contribution in [0.1, 0.15) is 87.6 Å². The first-order chi connectivity index (χ1) is 38.7. The summed E-state index contributed by atoms with van der Waals surface area (Å²) in [7, 11) is -1.93. The van der Waals surface area contributed by atoms with Crippen molar-refractivity contribution in [1.29, 1.82) is 0 Å². The number of phosphoric acid groups is 1. The number of H-pyrrole nitrogens is 2. The van der Waals surface area contributed by atoms with E-state index >= 15 is 0 Å². The molecule has 8 amide bonds. The van der Waals surface area contributed by atoms with Gasteiger partial charge in [-0.3, -0.25) is 38.6 Å². The number of aromatic amines is 2. The molecular formula is C56H70ClN10O14P. The number of nitrogens with one attached hydrogen (secondary N) is 6. The van der Waals surface area contributed by atoms with Crippen molar-refractivity contribution < 1.29 is 66.7 Å². The molecule has 0 radical (unpaired) electrons. The third-order valence-corrected chi connectivity index (χ3v) is 16.5. The van der Waals surface area contributed by atoms with Gasteiger partial charge in [-0.05, 0) is 85.4 Å². The van der Waals surface area contributed by atoms with E-state index in [9.17, 15) is 52.7 Å². The van der Waals surface area contributed by atoms with Crippen molar-refractivity contribution >= 4 is 106 Å². The largest absolute Gasteiger partial charge is 0.524 e. The van der Waals surface area contributed by atoms with Gasteiger partial charge in [-0.15, -0.1) is 11.6 Å². The van der Waals surface area contributed by atoms with E-state index in [1.807, 2.05) is 33.9 Å². The molecule has 4 heterocycles. The Hall–Kier alpha value is -7.66. The van der Waals surface area contributed by atoms with Crippen molar-refractivity contribution in [2.24, 2.45) is 16.7 Å². The molecule has 1 aliphatic carbocycles. The number of alkyl halides is 1. The number of hydrogen-bond acceptors (Lipinski definition) is 12. The molecule has 2 atom stereocenters. The molecule has 82 heavy (non-hydrogen) atoms. The van der Waals surface area contributed by atoms with E-state index in [4.69, 9.17) is 25.6 Å². The molecule has 0 bridgehead atoms. The molecule has 2 aromatic heterocycles. The van der Waals surface area contributed by atoms with E-state index in [0.29, 0.717) is 58.4 Å². The smallest absolute Gasteiger partial charge is 0.445 e. The van der Waals surface area contributed by atoms with Gasteiger partial charge in [0.05, 0.1) is 40.9 Å². The van der Waals surface area contributed by atoms with Crippen LogP contribution in [0.15, 0.2) is 48.8 Å². The van der Waals surface area contributed by atoms with E-state index < -0.39 is 60.5 Å². The van der Waals surface area contributed by atoms with Crippen molar-refractivity contribution in [3.8, 4) is 11.5 Å². The molecule has 8 N–H and O–H groups in total. The zero-order chi connectivity index (χ0) is 59.7. The highest BCUT2D eigenvalue weighted by Crippen LogP contribution is 2.60. The molecule has 3 aliphatic rings. The second-order valence-electron chi connectivity index (χ2n) is 22.2. The van der Waals surface area contributed by atoms with Crippen LogP contribution in [-0.4, -0.2) is 142 Å². The number of carbonyl (C=O) groups excluding carboxylic acids is 8. The third kappa shape index (κ3) is 12.5. The predicted molar refractivity (Wildman–Crippen MR) is 306 cm³/mol. The topological polar surface area (TPSA) is 314 Å². The number of ether oxygens (including phenoxy) is 2. The van der Waals surface area contributed by atoms with E-state index in [2.05, 4.69) is 31.2 Å². The number of likely N-dealkylation sites (N-methyl/N-ethyl adjacent to an activating group) is 2. The summed E-state index contributed by atoms with van der Waals surface area (Å²) in [5, 5.41) is 11.6. The summed E-state index contributed by atoms with van der Waals surface area (Å²) < 4.78 is 28.8. The summed E-state index contributed by atoms with van der Waals surface area (Å²) in [6.07, 6.45) is 3.62. The molecule has 8 rings (SSSR count). The molecule has 0 spiro atoms. The molecule has 3 aromatic carbocycles. The number of aryl methyl sites for hydroxylation is 2. The summed E-state index contributed by atoms with van der Waals surface area (Å²) in [6, 6.07) is 8.75. The summed E-state index contributed by atoms with van der Waals surface area (Å²) in [6.45, 7) is 12.3. The number of rotatable bonds is 20. The van der Waals surface area contributed by atoms with Crippen LogP contribution in [-0.2, 0) is 51.1 Å². The Kier molecular flexibility index (Phi) is 17.7. The van der Waals surface area contributed by atoms with Crippen molar-refractivity contribution in [1.82, 2.24) is 35.7 Å². The number of carbonyl (C=O) groups is 8. The number of fused-ring (bicyclic) bond motifs is 6. The van der Waals surface area contributed by atoms with Crippen molar-refractivity contribution in [2.75, 3.05) is 74.4 Å². The highest BCUT2D eigenvalue weighted by atomic mass is 35.5. The van der Waals surface area contributed by atoms with Crippen LogP contribution >= 0.6 is 19.4 Å². The van der Waals surface area contributed by atoms with Gasteiger partial charge in [0.2, 0.25) is 35.4 Å². The lowest BCUT2D eigenvalue weighted by Gasteiger charge is -2.54. The van der Waals surface area contributed by atoms with Gasteiger partial charge < -0.3 is 64.8 Å². The zero-order valence-corrected chi connectivity index (χ0v) is 48.9. The monoisotopic (exact) mass is 1170 g/mol. The third-order valence-electron chi connectivity index (χ3n) is 15.7. The van der Waals surface area contributed by atoms with Gasteiger partial charge >= 0.3 is 20.0 Å². The number of aromatic nitrogens is 2. The fraction of sp³-hybridized carbons (Fsp3) is 0.464. The van der Waals surface area contributed by atoms with Crippen LogP contribution in [0.25, 0.3) is 21.8 Å². The minimum absolute atomic E-state index is 0.0671. The van der Waals surface area contributed by atoms with Gasteiger partial charge in [0.25, 0.3) is 0 Å². The number of amides is 8. The average molecular weight is 1170 g/mol. The van der Waals surface area contributed by atoms with Crippen LogP contribution in [0, 0.1) is 30.6 Å². The number of hydrogen-bond donors (Lipinski definition) is 8. The Morgan fingerprint density at radius 2 is 1.45 bits per heavy atom. The molecule has 1 fully saturated rings. The lowest BCUT2D eigenvalue weighted by molar-refractivity contribution is -0.153. The fourth-order valence-electron chi connectivity index (χ4n) is 11.5. The number of benzene rings is 3. The van der Waals surface area contributed by atoms with Crippen molar-refractivity contribution in [3.05, 3.63) is 76.6 Å². The molecule has 440 valence electrons. The Morgan fingerprint density at radius 3 is 2.06 bits per heavy atom. The van der Waals surface area contributed by atoms with Gasteiger partial charge in [-0.1, -0.05) is 39.8 Å². The summed E-state index contributed by atoms with van der Waals surface area (Å²) in [5.74, 6) is -2.70. The Morgan fingerprint density at radius 1 is 0.841 bits per heavy atom. The average Bonchev–Trinajstić information content (AvgIpc) is 4.43. The van der Waals surface area contributed by atoms with E-state index in [1.54, 1.807) is 60.2 Å². The minimum atomic E-state index is -4.98. The SMILES string of the molecule is CCC1(C(=O)N2CCc3c2cc(OC(=O)N(C)CCN(C)C(=O)OCc2ccc(NC(=O)CNC(=O)C(NC(=O)CNC(C)=O)C(C)C)cc2)c2[nH]cc(C)c32)CC(C)(C(=O)N2C[C@@H](CCl)c3c2cc(OP(=O)(O)O)c2[nH]cc(C)c32)C1. The van der Waals surface area contributed by atoms with Crippen LogP contribution in [0.3, 0.4) is 0 Å².